The van der Waals surface area contributed by atoms with E-state index < -0.39 is 15.9 Å². The van der Waals surface area contributed by atoms with Crippen LogP contribution < -0.4 is 9.46 Å². The first-order valence-electron chi connectivity index (χ1n) is 8.48. The molecule has 4 rings (SSSR count). The maximum atomic E-state index is 11.7. The second-order valence-electron chi connectivity index (χ2n) is 6.73. The molecule has 1 aliphatic carbocycles. The van der Waals surface area contributed by atoms with Crippen LogP contribution in [0.15, 0.2) is 46.9 Å². The zero-order valence-corrected chi connectivity index (χ0v) is 16.3. The molecule has 1 aliphatic heterocycles. The van der Waals surface area contributed by atoms with E-state index in [1.165, 1.54) is 11.1 Å². The Morgan fingerprint density at radius 1 is 1.12 bits per heavy atom. The van der Waals surface area contributed by atoms with Crippen molar-refractivity contribution in [3.63, 3.8) is 0 Å². The minimum Gasteiger partial charge on any atom is -0.486 e. The molecule has 0 saturated carbocycles. The summed E-state index contributed by atoms with van der Waals surface area (Å²) in [5, 5.41) is 0. The highest BCUT2D eigenvalue weighted by Crippen LogP contribution is 2.38. The lowest BCUT2D eigenvalue weighted by atomic mass is 9.97. The predicted octanol–water partition coefficient (Wildman–Crippen LogP) is 3.45. The van der Waals surface area contributed by atoms with Gasteiger partial charge in [0.05, 0.1) is 5.75 Å². The standard InChI is InChI=1S/C19H18BrNO4S/c20-17-3-1-2-16-15(17)8-9-18(16)25-14-6-4-12(5-7-14)13-10-19(22)21-26(23,24)11-13/h1-7,13,18H,8-11H2,(H,21,22)/t13?,18-/m1/s1. The van der Waals surface area contributed by atoms with Crippen LogP contribution in [-0.4, -0.2) is 20.1 Å². The lowest BCUT2D eigenvalue weighted by Gasteiger charge is -2.23. The van der Waals surface area contributed by atoms with Gasteiger partial charge < -0.3 is 4.74 Å². The molecule has 136 valence electrons. The lowest BCUT2D eigenvalue weighted by molar-refractivity contribution is -0.119. The zero-order chi connectivity index (χ0) is 18.3. The third-order valence-electron chi connectivity index (χ3n) is 4.91. The van der Waals surface area contributed by atoms with Crippen molar-refractivity contribution in [3.05, 3.63) is 63.6 Å². The summed E-state index contributed by atoms with van der Waals surface area (Å²) in [7, 11) is -3.53. The highest BCUT2D eigenvalue weighted by Gasteiger charge is 2.30. The van der Waals surface area contributed by atoms with Crippen LogP contribution >= 0.6 is 15.9 Å². The number of hydrogen-bond donors (Lipinski definition) is 1. The molecule has 2 atom stereocenters. The van der Waals surface area contributed by atoms with E-state index in [1.54, 1.807) is 0 Å². The summed E-state index contributed by atoms with van der Waals surface area (Å²) in [6.45, 7) is 0. The Kier molecular flexibility index (Phi) is 4.52. The van der Waals surface area contributed by atoms with E-state index in [-0.39, 0.29) is 24.2 Å². The first-order valence-corrected chi connectivity index (χ1v) is 10.9. The van der Waals surface area contributed by atoms with Crippen molar-refractivity contribution in [1.29, 1.82) is 0 Å². The van der Waals surface area contributed by atoms with Gasteiger partial charge in [-0.15, -0.1) is 0 Å². The van der Waals surface area contributed by atoms with Crippen molar-refractivity contribution in [2.75, 3.05) is 5.75 Å². The van der Waals surface area contributed by atoms with Gasteiger partial charge in [0.2, 0.25) is 15.9 Å². The highest BCUT2D eigenvalue weighted by atomic mass is 79.9. The number of amides is 1. The van der Waals surface area contributed by atoms with Gasteiger partial charge in [-0.2, -0.15) is 0 Å². The second kappa shape index (κ2) is 6.70. The highest BCUT2D eigenvalue weighted by molar-refractivity contribution is 9.10. The van der Waals surface area contributed by atoms with Crippen LogP contribution in [0.2, 0.25) is 0 Å². The van der Waals surface area contributed by atoms with Gasteiger partial charge in [0.25, 0.3) is 0 Å². The Labute approximate surface area is 160 Å². The molecule has 1 amide bonds. The minimum absolute atomic E-state index is 0.0224. The smallest absolute Gasteiger partial charge is 0.235 e. The zero-order valence-electron chi connectivity index (χ0n) is 13.9. The van der Waals surface area contributed by atoms with Gasteiger partial charge in [0, 0.05) is 16.8 Å². The molecule has 0 radical (unpaired) electrons. The van der Waals surface area contributed by atoms with Crippen LogP contribution in [0.3, 0.4) is 0 Å². The van der Waals surface area contributed by atoms with Crippen molar-refractivity contribution in [1.82, 2.24) is 4.72 Å². The number of fused-ring (bicyclic) bond motifs is 1. The van der Waals surface area contributed by atoms with Gasteiger partial charge in [0.15, 0.2) is 0 Å². The molecular weight excluding hydrogens is 418 g/mol. The first kappa shape index (κ1) is 17.5. The van der Waals surface area contributed by atoms with Gasteiger partial charge in [-0.3, -0.25) is 9.52 Å². The Morgan fingerprint density at radius 2 is 1.88 bits per heavy atom. The molecule has 5 nitrogen and oxygen atoms in total. The summed E-state index contributed by atoms with van der Waals surface area (Å²) in [5.74, 6) is -0.0847. The normalized spacial score (nSPS) is 24.0. The largest absolute Gasteiger partial charge is 0.486 e. The van der Waals surface area contributed by atoms with E-state index in [0.29, 0.717) is 0 Å². The second-order valence-corrected chi connectivity index (χ2v) is 9.35. The number of halogens is 1. The average Bonchev–Trinajstić information content (AvgIpc) is 2.98. The molecule has 7 heteroatoms. The molecule has 0 spiro atoms. The molecular formula is C19H18BrNO4S. The van der Waals surface area contributed by atoms with Crippen molar-refractivity contribution < 1.29 is 17.9 Å². The summed E-state index contributed by atoms with van der Waals surface area (Å²) in [4.78, 5) is 11.6. The van der Waals surface area contributed by atoms with Gasteiger partial charge in [-0.1, -0.05) is 40.2 Å². The predicted molar refractivity (Wildman–Crippen MR) is 102 cm³/mol. The summed E-state index contributed by atoms with van der Waals surface area (Å²) >= 11 is 3.59. The van der Waals surface area contributed by atoms with Crippen LogP contribution in [0, 0.1) is 0 Å². The number of benzene rings is 2. The topological polar surface area (TPSA) is 72.5 Å². The molecule has 1 unspecified atom stereocenters. The third kappa shape index (κ3) is 3.50. The fraction of sp³-hybridized carbons (Fsp3) is 0.316. The van der Waals surface area contributed by atoms with Crippen molar-refractivity contribution in [2.24, 2.45) is 0 Å². The van der Waals surface area contributed by atoms with Crippen LogP contribution in [0.25, 0.3) is 0 Å². The maximum Gasteiger partial charge on any atom is 0.235 e. The van der Waals surface area contributed by atoms with Crippen molar-refractivity contribution in [3.8, 4) is 5.75 Å². The van der Waals surface area contributed by atoms with Crippen LogP contribution in [0.4, 0.5) is 0 Å². The first-order chi connectivity index (χ1) is 12.4. The molecule has 2 aromatic rings. The molecule has 1 heterocycles. The fourth-order valence-corrected chi connectivity index (χ4v) is 5.63. The third-order valence-corrected chi connectivity index (χ3v) is 7.03. The van der Waals surface area contributed by atoms with Gasteiger partial charge in [-0.05, 0) is 47.7 Å². The number of carbonyl (C=O) groups excluding carboxylic acids is 1. The Bertz CT molecular complexity index is 956. The maximum absolute atomic E-state index is 11.7. The number of ether oxygens (including phenoxy) is 1. The average molecular weight is 436 g/mol. The van der Waals surface area contributed by atoms with Gasteiger partial charge >= 0.3 is 0 Å². The molecule has 0 bridgehead atoms. The monoisotopic (exact) mass is 435 g/mol. The van der Waals surface area contributed by atoms with Crippen molar-refractivity contribution >= 4 is 31.9 Å². The van der Waals surface area contributed by atoms with Crippen LogP contribution in [-0.2, 0) is 21.2 Å². The van der Waals surface area contributed by atoms with E-state index in [1.807, 2.05) is 41.1 Å². The minimum atomic E-state index is -3.53. The summed E-state index contributed by atoms with van der Waals surface area (Å²) in [6.07, 6.45) is 2.12. The van der Waals surface area contributed by atoms with Gasteiger partial charge in [0.1, 0.15) is 11.9 Å². The summed E-state index contributed by atoms with van der Waals surface area (Å²) < 4.78 is 32.7. The lowest BCUT2D eigenvalue weighted by Crippen LogP contribution is -2.40. The fourth-order valence-electron chi connectivity index (χ4n) is 3.70. The van der Waals surface area contributed by atoms with E-state index in [2.05, 4.69) is 22.0 Å². The van der Waals surface area contributed by atoms with Crippen LogP contribution in [0.1, 0.15) is 41.6 Å². The molecule has 2 aromatic carbocycles. The number of sulfonamides is 1. The van der Waals surface area contributed by atoms with Crippen LogP contribution in [0.5, 0.6) is 5.75 Å². The Balaban J connectivity index is 1.50. The summed E-state index contributed by atoms with van der Waals surface area (Å²) in [6, 6.07) is 13.6. The number of hydrogen-bond acceptors (Lipinski definition) is 4. The van der Waals surface area contributed by atoms with Crippen molar-refractivity contribution in [2.45, 2.75) is 31.3 Å². The van der Waals surface area contributed by atoms with Gasteiger partial charge in [-0.25, -0.2) is 8.42 Å². The number of rotatable bonds is 3. The molecule has 26 heavy (non-hydrogen) atoms. The van der Waals surface area contributed by atoms with E-state index in [0.717, 1.165) is 28.6 Å². The van der Waals surface area contributed by atoms with E-state index in [4.69, 9.17) is 4.74 Å². The molecule has 2 aliphatic rings. The molecule has 1 N–H and O–H groups in total. The quantitative estimate of drug-likeness (QED) is 0.800. The number of carbonyl (C=O) groups is 1. The van der Waals surface area contributed by atoms with E-state index in [9.17, 15) is 13.2 Å². The Morgan fingerprint density at radius 3 is 2.62 bits per heavy atom. The molecule has 0 aromatic heterocycles. The molecule has 1 saturated heterocycles. The summed E-state index contributed by atoms with van der Waals surface area (Å²) in [5.41, 5.74) is 3.34. The SMILES string of the molecule is O=C1CC(c2ccc(O[C@@H]3CCc4c(Br)cccc43)cc2)CS(=O)(=O)N1. The Hall–Kier alpha value is -1.86. The molecule has 1 fully saturated rings. The number of nitrogens with one attached hydrogen (secondary N) is 1. The van der Waals surface area contributed by atoms with E-state index >= 15 is 0 Å².